The van der Waals surface area contributed by atoms with Crippen LogP contribution in [0.25, 0.3) is 0 Å². The summed E-state index contributed by atoms with van der Waals surface area (Å²) in [5.74, 6) is 0.704. The van der Waals surface area contributed by atoms with Crippen LogP contribution in [0.1, 0.15) is 39.5 Å². The minimum Gasteiger partial charge on any atom is -0.461 e. The maximum atomic E-state index is 5.71. The van der Waals surface area contributed by atoms with E-state index in [2.05, 4.69) is 26.5 Å². The molecule has 2 unspecified atom stereocenters. The molecule has 112 valence electrons. The van der Waals surface area contributed by atoms with Crippen LogP contribution in [0.2, 0.25) is 0 Å². The van der Waals surface area contributed by atoms with Crippen molar-refractivity contribution in [2.45, 2.75) is 56.9 Å². The van der Waals surface area contributed by atoms with Crippen LogP contribution in [-0.2, 0) is 0 Å². The third-order valence-electron chi connectivity index (χ3n) is 3.27. The van der Waals surface area contributed by atoms with E-state index in [9.17, 15) is 0 Å². The Bertz CT molecular complexity index is 443. The van der Waals surface area contributed by atoms with Crippen LogP contribution < -0.4 is 15.8 Å². The van der Waals surface area contributed by atoms with Crippen molar-refractivity contribution in [2.24, 2.45) is 0 Å². The van der Waals surface area contributed by atoms with Crippen LogP contribution >= 0.6 is 11.8 Å². The molecule has 0 saturated heterocycles. The first kappa shape index (κ1) is 15.2. The first-order valence-corrected chi connectivity index (χ1v) is 8.33. The van der Waals surface area contributed by atoms with Gasteiger partial charge in [0.05, 0.1) is 6.10 Å². The molecule has 0 spiro atoms. The van der Waals surface area contributed by atoms with E-state index in [-0.39, 0.29) is 18.1 Å². The summed E-state index contributed by atoms with van der Waals surface area (Å²) in [7, 11) is 0. The zero-order chi connectivity index (χ0) is 14.5. The summed E-state index contributed by atoms with van der Waals surface area (Å²) in [4.78, 5) is 12.4. The summed E-state index contributed by atoms with van der Waals surface area (Å²) >= 11 is 1.93. The Kier molecular flexibility index (Phi) is 5.28. The molecule has 7 heteroatoms. The van der Waals surface area contributed by atoms with Crippen molar-refractivity contribution in [2.75, 3.05) is 17.3 Å². The van der Waals surface area contributed by atoms with E-state index in [1.54, 1.807) is 0 Å². The lowest BCUT2D eigenvalue weighted by molar-refractivity contribution is 0.222. The molecular weight excluding hydrogens is 274 g/mol. The van der Waals surface area contributed by atoms with Gasteiger partial charge in [-0.05, 0) is 39.4 Å². The second kappa shape index (κ2) is 6.97. The van der Waals surface area contributed by atoms with Crippen LogP contribution in [0.3, 0.4) is 0 Å². The summed E-state index contributed by atoms with van der Waals surface area (Å²) < 4.78 is 5.48. The third-order valence-corrected chi connectivity index (χ3v) is 4.36. The van der Waals surface area contributed by atoms with Gasteiger partial charge in [-0.25, -0.2) is 0 Å². The Hall–Kier alpha value is -1.24. The van der Waals surface area contributed by atoms with E-state index in [4.69, 9.17) is 10.5 Å². The number of rotatable bonds is 5. The summed E-state index contributed by atoms with van der Waals surface area (Å²) in [6.07, 6.45) is 6.98. The third kappa shape index (κ3) is 4.40. The Morgan fingerprint density at radius 2 is 2.10 bits per heavy atom. The molecule has 1 aromatic rings. The number of aromatic nitrogens is 3. The van der Waals surface area contributed by atoms with Gasteiger partial charge in [0.15, 0.2) is 0 Å². The largest absolute Gasteiger partial charge is 0.461 e. The summed E-state index contributed by atoms with van der Waals surface area (Å²) in [6, 6.07) is 0.683. The summed E-state index contributed by atoms with van der Waals surface area (Å²) in [5.41, 5.74) is 5.71. The number of hydrogen-bond donors (Lipinski definition) is 2. The Balaban J connectivity index is 2.02. The molecule has 1 aromatic heterocycles. The van der Waals surface area contributed by atoms with Gasteiger partial charge in [-0.1, -0.05) is 6.42 Å². The number of ether oxygens (including phenoxy) is 1. The molecule has 0 aromatic carbocycles. The predicted molar refractivity (Wildman–Crippen MR) is 83.2 cm³/mol. The van der Waals surface area contributed by atoms with Crippen LogP contribution in [0.5, 0.6) is 6.01 Å². The molecular formula is C13H23N5OS. The van der Waals surface area contributed by atoms with Gasteiger partial charge < -0.3 is 15.8 Å². The number of nitrogens with two attached hydrogens (primary N) is 1. The Morgan fingerprint density at radius 3 is 2.80 bits per heavy atom. The molecule has 0 aliphatic heterocycles. The van der Waals surface area contributed by atoms with E-state index in [0.717, 1.165) is 12.8 Å². The number of nitrogen functional groups attached to an aromatic ring is 1. The van der Waals surface area contributed by atoms with E-state index in [1.807, 2.05) is 25.6 Å². The smallest absolute Gasteiger partial charge is 0.323 e. The normalized spacial score (nSPS) is 22.8. The van der Waals surface area contributed by atoms with Crippen molar-refractivity contribution in [3.05, 3.63) is 0 Å². The van der Waals surface area contributed by atoms with E-state index in [0.29, 0.717) is 17.2 Å². The van der Waals surface area contributed by atoms with Crippen molar-refractivity contribution in [3.63, 3.8) is 0 Å². The number of nitrogens with zero attached hydrogens (tertiary/aromatic N) is 3. The van der Waals surface area contributed by atoms with E-state index in [1.165, 1.54) is 12.8 Å². The van der Waals surface area contributed by atoms with Crippen LogP contribution in [0, 0.1) is 0 Å². The Labute approximate surface area is 124 Å². The highest BCUT2D eigenvalue weighted by atomic mass is 32.2. The van der Waals surface area contributed by atoms with Gasteiger partial charge in [0.1, 0.15) is 0 Å². The fourth-order valence-corrected chi connectivity index (χ4v) is 3.20. The highest BCUT2D eigenvalue weighted by Gasteiger charge is 2.22. The molecule has 1 heterocycles. The summed E-state index contributed by atoms with van der Waals surface area (Å²) in [5, 5.41) is 4.08. The van der Waals surface area contributed by atoms with Gasteiger partial charge in [0.25, 0.3) is 0 Å². The van der Waals surface area contributed by atoms with Crippen molar-refractivity contribution < 1.29 is 4.74 Å². The molecule has 20 heavy (non-hydrogen) atoms. The lowest BCUT2D eigenvalue weighted by Gasteiger charge is -2.28. The molecule has 1 saturated carbocycles. The zero-order valence-corrected chi connectivity index (χ0v) is 13.1. The molecule has 3 N–H and O–H groups in total. The molecule has 6 nitrogen and oxygen atoms in total. The van der Waals surface area contributed by atoms with Gasteiger partial charge >= 0.3 is 6.01 Å². The maximum Gasteiger partial charge on any atom is 0.323 e. The van der Waals surface area contributed by atoms with E-state index < -0.39 is 0 Å². The Morgan fingerprint density at radius 1 is 1.30 bits per heavy atom. The lowest BCUT2D eigenvalue weighted by atomic mass is 9.95. The molecule has 1 aliphatic rings. The molecule has 1 fully saturated rings. The first-order chi connectivity index (χ1) is 9.56. The second-order valence-electron chi connectivity index (χ2n) is 5.33. The lowest BCUT2D eigenvalue weighted by Crippen LogP contribution is -2.29. The zero-order valence-electron chi connectivity index (χ0n) is 12.3. The number of nitrogens with one attached hydrogen (secondary N) is 1. The maximum absolute atomic E-state index is 5.71. The molecule has 1 aliphatic carbocycles. The van der Waals surface area contributed by atoms with Gasteiger partial charge in [-0.3, -0.25) is 0 Å². The van der Waals surface area contributed by atoms with Gasteiger partial charge in [0.2, 0.25) is 11.9 Å². The van der Waals surface area contributed by atoms with Crippen molar-refractivity contribution in [1.29, 1.82) is 0 Å². The minimum atomic E-state index is 0.0141. The number of thioether (sulfide) groups is 1. The molecule has 2 rings (SSSR count). The molecule has 2 atom stereocenters. The minimum absolute atomic E-state index is 0.0141. The van der Waals surface area contributed by atoms with E-state index >= 15 is 0 Å². The number of anilines is 2. The summed E-state index contributed by atoms with van der Waals surface area (Å²) in [6.45, 7) is 3.86. The van der Waals surface area contributed by atoms with Gasteiger partial charge in [-0.2, -0.15) is 26.7 Å². The SMILES string of the molecule is CSC1CCCC(Nc2nc(N)nc(OC(C)C)n2)C1. The topological polar surface area (TPSA) is 86.0 Å². The van der Waals surface area contributed by atoms with Crippen molar-refractivity contribution in [3.8, 4) is 6.01 Å². The molecule has 0 radical (unpaired) electrons. The molecule has 0 amide bonds. The van der Waals surface area contributed by atoms with Crippen LogP contribution in [0.4, 0.5) is 11.9 Å². The fourth-order valence-electron chi connectivity index (χ4n) is 2.37. The molecule has 0 bridgehead atoms. The first-order valence-electron chi connectivity index (χ1n) is 7.04. The standard InChI is InChI=1S/C13H23N5OS/c1-8(2)19-13-17-11(14)16-12(18-13)15-9-5-4-6-10(7-9)20-3/h8-10H,4-7H2,1-3H3,(H3,14,15,16,17,18). The quantitative estimate of drug-likeness (QED) is 0.862. The highest BCUT2D eigenvalue weighted by molar-refractivity contribution is 7.99. The average Bonchev–Trinajstić information content (AvgIpc) is 2.37. The average molecular weight is 297 g/mol. The van der Waals surface area contributed by atoms with Crippen LogP contribution in [0.15, 0.2) is 0 Å². The van der Waals surface area contributed by atoms with Gasteiger partial charge in [-0.15, -0.1) is 0 Å². The van der Waals surface area contributed by atoms with Crippen molar-refractivity contribution >= 4 is 23.7 Å². The second-order valence-corrected chi connectivity index (χ2v) is 6.47. The number of hydrogen-bond acceptors (Lipinski definition) is 7. The monoisotopic (exact) mass is 297 g/mol. The predicted octanol–water partition coefficient (Wildman–Crippen LogP) is 2.33. The van der Waals surface area contributed by atoms with Gasteiger partial charge in [0, 0.05) is 11.3 Å². The fraction of sp³-hybridized carbons (Fsp3) is 0.769. The van der Waals surface area contributed by atoms with Crippen molar-refractivity contribution in [1.82, 2.24) is 15.0 Å². The highest BCUT2D eigenvalue weighted by Crippen LogP contribution is 2.28. The van der Waals surface area contributed by atoms with Crippen LogP contribution in [-0.4, -0.2) is 38.6 Å².